The first-order valence-electron chi connectivity index (χ1n) is 8.15. The molecule has 0 radical (unpaired) electrons. The van der Waals surface area contributed by atoms with E-state index in [1.165, 1.54) is 0 Å². The van der Waals surface area contributed by atoms with Gasteiger partial charge >= 0.3 is 0 Å². The summed E-state index contributed by atoms with van der Waals surface area (Å²) in [7, 11) is 0. The van der Waals surface area contributed by atoms with Gasteiger partial charge in [-0.1, -0.05) is 24.0 Å². The molecular formula is C22H14N4. The average molecular weight is 334 g/mol. The van der Waals surface area contributed by atoms with E-state index < -0.39 is 0 Å². The average Bonchev–Trinajstić information content (AvgIpc) is 2.74. The summed E-state index contributed by atoms with van der Waals surface area (Å²) < 4.78 is 0. The first-order valence-corrected chi connectivity index (χ1v) is 8.15. The van der Waals surface area contributed by atoms with Crippen LogP contribution in [0, 0.1) is 11.8 Å². The lowest BCUT2D eigenvalue weighted by Crippen LogP contribution is -1.93. The Bertz CT molecular complexity index is 1010. The van der Waals surface area contributed by atoms with Gasteiger partial charge in [-0.3, -0.25) is 15.0 Å². The zero-order valence-corrected chi connectivity index (χ0v) is 13.9. The van der Waals surface area contributed by atoms with Gasteiger partial charge in [-0.05, 0) is 48.5 Å². The maximum absolute atomic E-state index is 4.73. The van der Waals surface area contributed by atoms with Crippen LogP contribution in [0.1, 0.15) is 11.1 Å². The Labute approximate surface area is 151 Å². The molecule has 4 nitrogen and oxygen atoms in total. The second-order valence-electron chi connectivity index (χ2n) is 5.54. The van der Waals surface area contributed by atoms with Crippen LogP contribution in [-0.2, 0) is 0 Å². The molecule has 0 unspecified atom stereocenters. The summed E-state index contributed by atoms with van der Waals surface area (Å²) in [5, 5.41) is 0. The van der Waals surface area contributed by atoms with Gasteiger partial charge in [-0.15, -0.1) is 0 Å². The predicted octanol–water partition coefficient (Wildman–Crippen LogP) is 4.00. The molecule has 4 rings (SSSR count). The van der Waals surface area contributed by atoms with Gasteiger partial charge < -0.3 is 0 Å². The Morgan fingerprint density at radius 3 is 1.65 bits per heavy atom. The van der Waals surface area contributed by atoms with E-state index in [9.17, 15) is 0 Å². The summed E-state index contributed by atoms with van der Waals surface area (Å²) in [5.41, 5.74) is 4.92. The minimum Gasteiger partial charge on any atom is -0.265 e. The SMILES string of the molecule is C(#Cc1cc(-c2ccccn2)nc(-c2ccccn2)c1)c1ccncc1. The van der Waals surface area contributed by atoms with Gasteiger partial charge in [0, 0.05) is 35.9 Å². The lowest BCUT2D eigenvalue weighted by molar-refractivity contribution is 1.21. The van der Waals surface area contributed by atoms with Crippen LogP contribution in [0.5, 0.6) is 0 Å². The van der Waals surface area contributed by atoms with Gasteiger partial charge in [-0.25, -0.2) is 4.98 Å². The summed E-state index contributed by atoms with van der Waals surface area (Å²) in [4.78, 5) is 17.5. The van der Waals surface area contributed by atoms with Crippen LogP contribution in [-0.4, -0.2) is 19.9 Å². The lowest BCUT2D eigenvalue weighted by atomic mass is 10.1. The standard InChI is InChI=1S/C22H14N4/c1-3-11-24-19(5-1)21-15-18(8-7-17-9-13-23-14-10-17)16-22(26-21)20-6-2-4-12-25-20/h1-6,9-16H. The van der Waals surface area contributed by atoms with Crippen molar-refractivity contribution in [2.45, 2.75) is 0 Å². The quantitative estimate of drug-likeness (QED) is 0.520. The lowest BCUT2D eigenvalue weighted by Gasteiger charge is -2.05. The van der Waals surface area contributed by atoms with Crippen LogP contribution in [0.3, 0.4) is 0 Å². The molecule has 122 valence electrons. The van der Waals surface area contributed by atoms with Crippen LogP contribution in [0.2, 0.25) is 0 Å². The largest absolute Gasteiger partial charge is 0.265 e. The Kier molecular flexibility index (Phi) is 4.44. The zero-order chi connectivity index (χ0) is 17.6. The number of rotatable bonds is 2. The van der Waals surface area contributed by atoms with Gasteiger partial charge in [0.1, 0.15) is 0 Å². The van der Waals surface area contributed by atoms with E-state index in [2.05, 4.69) is 26.8 Å². The topological polar surface area (TPSA) is 51.6 Å². The van der Waals surface area contributed by atoms with Crippen LogP contribution < -0.4 is 0 Å². The van der Waals surface area contributed by atoms with Gasteiger partial charge in [0.25, 0.3) is 0 Å². The van der Waals surface area contributed by atoms with E-state index in [-0.39, 0.29) is 0 Å². The number of hydrogen-bond donors (Lipinski definition) is 0. The van der Waals surface area contributed by atoms with Crippen molar-refractivity contribution in [2.24, 2.45) is 0 Å². The van der Waals surface area contributed by atoms with E-state index in [0.29, 0.717) is 0 Å². The molecule has 0 spiro atoms. The highest BCUT2D eigenvalue weighted by molar-refractivity contribution is 5.65. The van der Waals surface area contributed by atoms with Gasteiger partial charge in [0.15, 0.2) is 0 Å². The van der Waals surface area contributed by atoms with E-state index in [4.69, 9.17) is 4.98 Å². The van der Waals surface area contributed by atoms with Crippen molar-refractivity contribution in [1.82, 2.24) is 19.9 Å². The molecule has 0 atom stereocenters. The molecule has 4 aromatic rings. The first kappa shape index (κ1) is 15.7. The van der Waals surface area contributed by atoms with Gasteiger partial charge in [0.2, 0.25) is 0 Å². The fourth-order valence-electron chi connectivity index (χ4n) is 2.47. The Hall–Kier alpha value is -3.84. The maximum Gasteiger partial charge on any atom is 0.0906 e. The molecule has 0 aromatic carbocycles. The third kappa shape index (κ3) is 3.63. The Morgan fingerprint density at radius 1 is 0.538 bits per heavy atom. The van der Waals surface area contributed by atoms with Crippen molar-refractivity contribution in [3.05, 3.63) is 96.6 Å². The Balaban J connectivity index is 1.82. The van der Waals surface area contributed by atoms with Crippen LogP contribution >= 0.6 is 0 Å². The van der Waals surface area contributed by atoms with Crippen molar-refractivity contribution in [1.29, 1.82) is 0 Å². The summed E-state index contributed by atoms with van der Waals surface area (Å²) in [6, 6.07) is 19.2. The minimum atomic E-state index is 0.771. The molecule has 0 aliphatic carbocycles. The fraction of sp³-hybridized carbons (Fsp3) is 0. The second-order valence-corrected chi connectivity index (χ2v) is 5.54. The zero-order valence-electron chi connectivity index (χ0n) is 13.9. The highest BCUT2D eigenvalue weighted by Crippen LogP contribution is 2.22. The Morgan fingerprint density at radius 2 is 1.12 bits per heavy atom. The maximum atomic E-state index is 4.73. The van der Waals surface area contributed by atoms with E-state index in [0.717, 1.165) is 33.9 Å². The molecule has 4 heterocycles. The molecule has 0 saturated heterocycles. The van der Waals surface area contributed by atoms with Crippen LogP contribution in [0.4, 0.5) is 0 Å². The number of aromatic nitrogens is 4. The molecule has 0 amide bonds. The van der Waals surface area contributed by atoms with Crippen molar-refractivity contribution in [2.75, 3.05) is 0 Å². The molecule has 4 heteroatoms. The molecule has 4 aromatic heterocycles. The second kappa shape index (κ2) is 7.37. The number of pyridine rings is 4. The molecule has 0 fully saturated rings. The number of hydrogen-bond acceptors (Lipinski definition) is 4. The first-order chi connectivity index (χ1) is 12.9. The van der Waals surface area contributed by atoms with Crippen LogP contribution in [0.25, 0.3) is 22.8 Å². The van der Waals surface area contributed by atoms with E-state index >= 15 is 0 Å². The molecule has 0 aliphatic heterocycles. The van der Waals surface area contributed by atoms with Crippen molar-refractivity contribution in [3.63, 3.8) is 0 Å². The van der Waals surface area contributed by atoms with E-state index in [1.54, 1.807) is 24.8 Å². The van der Waals surface area contributed by atoms with Crippen molar-refractivity contribution < 1.29 is 0 Å². The summed E-state index contributed by atoms with van der Waals surface area (Å²) >= 11 is 0. The minimum absolute atomic E-state index is 0.771. The van der Waals surface area contributed by atoms with E-state index in [1.807, 2.05) is 60.7 Å². The van der Waals surface area contributed by atoms with Crippen molar-refractivity contribution >= 4 is 0 Å². The molecular weight excluding hydrogens is 320 g/mol. The molecule has 0 saturated carbocycles. The molecule has 0 aliphatic rings. The predicted molar refractivity (Wildman–Crippen MR) is 101 cm³/mol. The highest BCUT2D eigenvalue weighted by atomic mass is 14.8. The highest BCUT2D eigenvalue weighted by Gasteiger charge is 2.07. The smallest absolute Gasteiger partial charge is 0.0906 e. The fourth-order valence-corrected chi connectivity index (χ4v) is 2.47. The van der Waals surface area contributed by atoms with Crippen molar-refractivity contribution in [3.8, 4) is 34.6 Å². The van der Waals surface area contributed by atoms with Gasteiger partial charge in [0.05, 0.1) is 22.8 Å². The van der Waals surface area contributed by atoms with Gasteiger partial charge in [-0.2, -0.15) is 0 Å². The summed E-state index contributed by atoms with van der Waals surface area (Å²) in [6.07, 6.45) is 6.98. The third-order valence-corrected chi connectivity index (χ3v) is 3.71. The number of nitrogens with zero attached hydrogens (tertiary/aromatic N) is 4. The van der Waals surface area contributed by atoms with Crippen LogP contribution in [0.15, 0.2) is 85.5 Å². The molecule has 26 heavy (non-hydrogen) atoms. The molecule has 0 N–H and O–H groups in total. The summed E-state index contributed by atoms with van der Waals surface area (Å²) in [6.45, 7) is 0. The summed E-state index contributed by atoms with van der Waals surface area (Å²) in [5.74, 6) is 6.37. The monoisotopic (exact) mass is 334 g/mol. The molecule has 0 bridgehead atoms. The third-order valence-electron chi connectivity index (χ3n) is 3.71. The normalized spacial score (nSPS) is 10.0.